The topological polar surface area (TPSA) is 65.6 Å². The number of benzene rings is 2. The molecule has 5 rings (SSSR count). The van der Waals surface area contributed by atoms with Crippen LogP contribution in [0.15, 0.2) is 48.5 Å². The SMILES string of the molecule is CCOCCCN1CC(=O)N2[C@H](c3ccc(Cl)cc3)c3[nH]c4ccccc4c3C[C@@H]2C1=O. The van der Waals surface area contributed by atoms with Gasteiger partial charge >= 0.3 is 0 Å². The van der Waals surface area contributed by atoms with Crippen LogP contribution in [0.2, 0.25) is 5.02 Å². The van der Waals surface area contributed by atoms with Gasteiger partial charge in [0.1, 0.15) is 6.04 Å². The van der Waals surface area contributed by atoms with Gasteiger partial charge in [0.15, 0.2) is 0 Å². The molecule has 2 aromatic carbocycles. The molecule has 3 heterocycles. The van der Waals surface area contributed by atoms with Crippen molar-refractivity contribution in [2.24, 2.45) is 0 Å². The van der Waals surface area contributed by atoms with Crippen LogP contribution < -0.4 is 0 Å². The number of aromatic amines is 1. The zero-order valence-corrected chi connectivity index (χ0v) is 18.8. The Bertz CT molecular complexity index is 1160. The van der Waals surface area contributed by atoms with Gasteiger partial charge in [-0.3, -0.25) is 9.59 Å². The van der Waals surface area contributed by atoms with Crippen LogP contribution in [0.5, 0.6) is 0 Å². The zero-order chi connectivity index (χ0) is 22.2. The summed E-state index contributed by atoms with van der Waals surface area (Å²) in [5, 5.41) is 1.74. The van der Waals surface area contributed by atoms with E-state index in [9.17, 15) is 9.59 Å². The lowest BCUT2D eigenvalue weighted by Crippen LogP contribution is -2.63. The second-order valence-corrected chi connectivity index (χ2v) is 8.78. The van der Waals surface area contributed by atoms with Crippen molar-refractivity contribution in [1.29, 1.82) is 0 Å². The van der Waals surface area contributed by atoms with E-state index in [1.165, 1.54) is 0 Å². The number of halogens is 1. The van der Waals surface area contributed by atoms with Crippen molar-refractivity contribution in [3.8, 4) is 0 Å². The molecule has 1 N–H and O–H groups in total. The van der Waals surface area contributed by atoms with E-state index in [2.05, 4.69) is 11.1 Å². The Morgan fingerprint density at radius 3 is 2.69 bits per heavy atom. The Kier molecular flexibility index (Phi) is 5.66. The van der Waals surface area contributed by atoms with E-state index in [1.807, 2.05) is 49.4 Å². The van der Waals surface area contributed by atoms with E-state index >= 15 is 0 Å². The normalized spacial score (nSPS) is 20.6. The molecule has 1 saturated heterocycles. The fourth-order valence-corrected chi connectivity index (χ4v) is 5.13. The van der Waals surface area contributed by atoms with Crippen molar-refractivity contribution in [3.63, 3.8) is 0 Å². The number of para-hydroxylation sites is 1. The predicted octanol–water partition coefficient (Wildman–Crippen LogP) is 3.93. The molecule has 0 bridgehead atoms. The van der Waals surface area contributed by atoms with Gasteiger partial charge in [-0.2, -0.15) is 0 Å². The summed E-state index contributed by atoms with van der Waals surface area (Å²) in [5.74, 6) is -0.0220. The van der Waals surface area contributed by atoms with E-state index in [4.69, 9.17) is 16.3 Å². The molecule has 3 aromatic rings. The number of piperazine rings is 1. The monoisotopic (exact) mass is 451 g/mol. The minimum Gasteiger partial charge on any atom is -0.382 e. The van der Waals surface area contributed by atoms with Crippen molar-refractivity contribution in [2.75, 3.05) is 26.3 Å². The van der Waals surface area contributed by atoms with Crippen molar-refractivity contribution in [3.05, 3.63) is 70.4 Å². The standard InChI is InChI=1S/C25H26ClN3O3/c1-2-32-13-5-12-28-15-22(30)29-21(25(28)31)14-19-18-6-3-4-7-20(18)27-23(19)24(29)16-8-10-17(26)11-9-16/h3-4,6-11,21,24,27H,2,5,12-15H2,1H3/t21-,24-/m1/s1. The highest BCUT2D eigenvalue weighted by atomic mass is 35.5. The van der Waals surface area contributed by atoms with Gasteiger partial charge in [0.25, 0.3) is 0 Å². The molecule has 2 aliphatic rings. The van der Waals surface area contributed by atoms with E-state index in [1.54, 1.807) is 9.80 Å². The number of amides is 2. The van der Waals surface area contributed by atoms with E-state index < -0.39 is 6.04 Å². The molecule has 0 spiro atoms. The highest BCUT2D eigenvalue weighted by Crippen LogP contribution is 2.42. The number of hydrogen-bond acceptors (Lipinski definition) is 3. The highest BCUT2D eigenvalue weighted by Gasteiger charge is 2.48. The second-order valence-electron chi connectivity index (χ2n) is 8.35. The molecule has 0 saturated carbocycles. The minimum absolute atomic E-state index is 0.0102. The van der Waals surface area contributed by atoms with Crippen molar-refractivity contribution < 1.29 is 14.3 Å². The minimum atomic E-state index is -0.518. The molecule has 1 aromatic heterocycles. The van der Waals surface area contributed by atoms with Gasteiger partial charge in [0.2, 0.25) is 11.8 Å². The summed E-state index contributed by atoms with van der Waals surface area (Å²) in [4.78, 5) is 34.0. The maximum Gasteiger partial charge on any atom is 0.246 e. The molecule has 2 atom stereocenters. The Labute approximate surface area is 192 Å². The largest absolute Gasteiger partial charge is 0.382 e. The molecule has 0 unspecified atom stereocenters. The number of nitrogens with zero attached hydrogens (tertiary/aromatic N) is 2. The summed E-state index contributed by atoms with van der Waals surface area (Å²) in [5.41, 5.74) is 4.05. The third-order valence-corrected chi connectivity index (χ3v) is 6.70. The predicted molar refractivity (Wildman–Crippen MR) is 124 cm³/mol. The van der Waals surface area contributed by atoms with E-state index in [-0.39, 0.29) is 24.4 Å². The zero-order valence-electron chi connectivity index (χ0n) is 18.0. The van der Waals surface area contributed by atoms with E-state index in [0.29, 0.717) is 31.2 Å². The quantitative estimate of drug-likeness (QED) is 0.577. The van der Waals surface area contributed by atoms with Gasteiger partial charge in [-0.1, -0.05) is 41.9 Å². The molecule has 2 aliphatic heterocycles. The first-order valence-corrected chi connectivity index (χ1v) is 11.5. The van der Waals surface area contributed by atoms with Crippen LogP contribution in [0.1, 0.15) is 36.2 Å². The van der Waals surface area contributed by atoms with E-state index in [0.717, 1.165) is 34.1 Å². The Hall–Kier alpha value is -2.83. The van der Waals surface area contributed by atoms with Gasteiger partial charge in [0, 0.05) is 47.8 Å². The number of carbonyl (C=O) groups is 2. The highest BCUT2D eigenvalue weighted by molar-refractivity contribution is 6.30. The molecule has 0 aliphatic carbocycles. The van der Waals surface area contributed by atoms with Crippen LogP contribution in [-0.2, 0) is 20.7 Å². The van der Waals surface area contributed by atoms with Gasteiger partial charge in [-0.25, -0.2) is 0 Å². The summed E-state index contributed by atoms with van der Waals surface area (Å²) in [6, 6.07) is 14.8. The summed E-state index contributed by atoms with van der Waals surface area (Å²) < 4.78 is 5.41. The lowest BCUT2D eigenvalue weighted by atomic mass is 9.86. The second kappa shape index (κ2) is 8.60. The first-order chi connectivity index (χ1) is 15.6. The average Bonchev–Trinajstić information content (AvgIpc) is 3.17. The van der Waals surface area contributed by atoms with Gasteiger partial charge in [-0.15, -0.1) is 0 Å². The van der Waals surface area contributed by atoms with Gasteiger partial charge < -0.3 is 19.5 Å². The summed E-state index contributed by atoms with van der Waals surface area (Å²) in [6.07, 6.45) is 1.23. The van der Waals surface area contributed by atoms with Crippen molar-refractivity contribution >= 4 is 34.3 Å². The first-order valence-electron chi connectivity index (χ1n) is 11.1. The summed E-state index contributed by atoms with van der Waals surface area (Å²) >= 11 is 6.13. The average molecular weight is 452 g/mol. The molecule has 7 heteroatoms. The molecule has 0 radical (unpaired) electrons. The third-order valence-electron chi connectivity index (χ3n) is 6.45. The smallest absolute Gasteiger partial charge is 0.246 e. The Morgan fingerprint density at radius 2 is 1.91 bits per heavy atom. The molecule has 166 valence electrons. The van der Waals surface area contributed by atoms with Crippen molar-refractivity contribution in [1.82, 2.24) is 14.8 Å². The third kappa shape index (κ3) is 3.57. The number of rotatable bonds is 6. The van der Waals surface area contributed by atoms with Crippen LogP contribution >= 0.6 is 11.6 Å². The van der Waals surface area contributed by atoms with Crippen LogP contribution in [0, 0.1) is 0 Å². The molecule has 6 nitrogen and oxygen atoms in total. The Balaban J connectivity index is 1.56. The van der Waals surface area contributed by atoms with Crippen LogP contribution in [0.3, 0.4) is 0 Å². The fraction of sp³-hybridized carbons (Fsp3) is 0.360. The van der Waals surface area contributed by atoms with Gasteiger partial charge in [0.05, 0.1) is 12.6 Å². The number of nitrogens with one attached hydrogen (secondary N) is 1. The first kappa shape index (κ1) is 21.0. The van der Waals surface area contributed by atoms with Crippen LogP contribution in [0.25, 0.3) is 10.9 Å². The molecule has 1 fully saturated rings. The maximum absolute atomic E-state index is 13.5. The number of ether oxygens (including phenoxy) is 1. The molecular weight excluding hydrogens is 426 g/mol. The van der Waals surface area contributed by atoms with Crippen LogP contribution in [0.4, 0.5) is 0 Å². The maximum atomic E-state index is 13.5. The molecule has 2 amide bonds. The molecule has 32 heavy (non-hydrogen) atoms. The fourth-order valence-electron chi connectivity index (χ4n) is 5.01. The van der Waals surface area contributed by atoms with Crippen LogP contribution in [-0.4, -0.2) is 58.9 Å². The Morgan fingerprint density at radius 1 is 1.12 bits per heavy atom. The number of carbonyl (C=O) groups excluding carboxylic acids is 2. The number of H-pyrrole nitrogens is 1. The molecular formula is C25H26ClN3O3. The van der Waals surface area contributed by atoms with Gasteiger partial charge in [-0.05, 0) is 42.7 Å². The van der Waals surface area contributed by atoms with Crippen molar-refractivity contribution in [2.45, 2.75) is 31.8 Å². The summed E-state index contributed by atoms with van der Waals surface area (Å²) in [7, 11) is 0. The number of fused-ring (bicyclic) bond motifs is 4. The summed E-state index contributed by atoms with van der Waals surface area (Å²) in [6.45, 7) is 3.81. The lowest BCUT2D eigenvalue weighted by Gasteiger charge is -2.47. The number of hydrogen-bond donors (Lipinski definition) is 1. The lowest BCUT2D eigenvalue weighted by molar-refractivity contribution is -0.158. The number of aromatic nitrogens is 1.